The van der Waals surface area contributed by atoms with Gasteiger partial charge in [-0.15, -0.1) is 0 Å². The molecule has 0 aliphatic carbocycles. The highest BCUT2D eigenvalue weighted by Crippen LogP contribution is 2.23. The van der Waals surface area contributed by atoms with Crippen LogP contribution in [-0.2, 0) is 13.1 Å². The fraction of sp³-hybridized carbons (Fsp3) is 0.786. The van der Waals surface area contributed by atoms with E-state index < -0.39 is 0 Å². The Hall–Kier alpha value is -0.830. The summed E-state index contributed by atoms with van der Waals surface area (Å²) >= 11 is 0. The fourth-order valence-corrected chi connectivity index (χ4v) is 2.33. The molecule has 1 rings (SSSR count). The van der Waals surface area contributed by atoms with Crippen LogP contribution in [0.15, 0.2) is 12.5 Å². The molecule has 3 heteroatoms. The Kier molecular flexibility index (Phi) is 5.69. The fourth-order valence-electron chi connectivity index (χ4n) is 2.33. The van der Waals surface area contributed by atoms with E-state index in [9.17, 15) is 0 Å². The Balaban J connectivity index is 2.69. The van der Waals surface area contributed by atoms with Gasteiger partial charge in [-0.25, -0.2) is 4.98 Å². The average Bonchev–Trinajstić information content (AvgIpc) is 2.69. The summed E-state index contributed by atoms with van der Waals surface area (Å²) in [4.78, 5) is 4.27. The summed E-state index contributed by atoms with van der Waals surface area (Å²) in [7, 11) is 0. The van der Waals surface area contributed by atoms with E-state index in [-0.39, 0.29) is 0 Å². The van der Waals surface area contributed by atoms with Crippen LogP contribution < -0.4 is 5.32 Å². The molecule has 0 saturated carbocycles. The van der Waals surface area contributed by atoms with Gasteiger partial charge in [0.2, 0.25) is 0 Å². The van der Waals surface area contributed by atoms with Crippen LogP contribution in [-0.4, -0.2) is 16.1 Å². The van der Waals surface area contributed by atoms with Crippen LogP contribution in [0.3, 0.4) is 0 Å². The maximum atomic E-state index is 4.27. The molecule has 0 spiro atoms. The molecule has 0 aliphatic heterocycles. The third-order valence-electron chi connectivity index (χ3n) is 3.47. The van der Waals surface area contributed by atoms with Crippen LogP contribution in [0.2, 0.25) is 0 Å². The molecule has 1 N–H and O–H groups in total. The summed E-state index contributed by atoms with van der Waals surface area (Å²) < 4.78 is 2.30. The molecule has 0 atom stereocenters. The Morgan fingerprint density at radius 1 is 1.24 bits per heavy atom. The van der Waals surface area contributed by atoms with E-state index in [1.807, 2.05) is 12.5 Å². The first-order valence-corrected chi connectivity index (χ1v) is 6.76. The van der Waals surface area contributed by atoms with Crippen molar-refractivity contribution in [3.63, 3.8) is 0 Å². The number of nitrogens with zero attached hydrogens (tertiary/aromatic N) is 2. The van der Waals surface area contributed by atoms with E-state index in [4.69, 9.17) is 0 Å². The van der Waals surface area contributed by atoms with E-state index in [2.05, 4.69) is 49.5 Å². The van der Waals surface area contributed by atoms with Gasteiger partial charge >= 0.3 is 0 Å². The van der Waals surface area contributed by atoms with Crippen molar-refractivity contribution in [1.82, 2.24) is 14.9 Å². The first-order valence-electron chi connectivity index (χ1n) is 6.76. The van der Waals surface area contributed by atoms with Gasteiger partial charge in [0.15, 0.2) is 0 Å². The zero-order valence-electron chi connectivity index (χ0n) is 11.9. The van der Waals surface area contributed by atoms with E-state index in [0.29, 0.717) is 17.8 Å². The van der Waals surface area contributed by atoms with Crippen molar-refractivity contribution in [3.8, 4) is 0 Å². The van der Waals surface area contributed by atoms with Gasteiger partial charge in [0.1, 0.15) is 0 Å². The first kappa shape index (κ1) is 14.2. The summed E-state index contributed by atoms with van der Waals surface area (Å²) in [6.07, 6.45) is 3.94. The molecule has 0 aliphatic rings. The lowest BCUT2D eigenvalue weighted by Gasteiger charge is -2.26. The van der Waals surface area contributed by atoms with Crippen molar-refractivity contribution < 1.29 is 0 Å². The van der Waals surface area contributed by atoms with Gasteiger partial charge < -0.3 is 9.88 Å². The number of rotatable bonds is 7. The third-order valence-corrected chi connectivity index (χ3v) is 3.47. The zero-order valence-corrected chi connectivity index (χ0v) is 11.9. The van der Waals surface area contributed by atoms with Crippen molar-refractivity contribution >= 4 is 0 Å². The number of hydrogen-bond acceptors (Lipinski definition) is 2. The van der Waals surface area contributed by atoms with Crippen LogP contribution in [0.5, 0.6) is 0 Å². The SMILES string of the molecule is CCNCc1cncn1CC(C(C)C)C(C)C. The average molecular weight is 237 g/mol. The number of hydrogen-bond donors (Lipinski definition) is 1. The van der Waals surface area contributed by atoms with Crippen molar-refractivity contribution in [1.29, 1.82) is 0 Å². The highest BCUT2D eigenvalue weighted by molar-refractivity contribution is 4.98. The molecular formula is C14H27N3. The van der Waals surface area contributed by atoms with Crippen LogP contribution in [0.4, 0.5) is 0 Å². The monoisotopic (exact) mass is 237 g/mol. The molecule has 1 heterocycles. The predicted octanol–water partition coefficient (Wildman–Crippen LogP) is 2.92. The van der Waals surface area contributed by atoms with Crippen molar-refractivity contribution in [2.75, 3.05) is 6.54 Å². The molecular weight excluding hydrogens is 210 g/mol. The molecule has 1 aromatic rings. The lowest BCUT2D eigenvalue weighted by Crippen LogP contribution is -2.24. The maximum absolute atomic E-state index is 4.27. The molecule has 0 radical (unpaired) electrons. The molecule has 98 valence electrons. The van der Waals surface area contributed by atoms with E-state index in [0.717, 1.165) is 19.6 Å². The lowest BCUT2D eigenvalue weighted by atomic mass is 9.85. The number of aromatic nitrogens is 2. The highest BCUT2D eigenvalue weighted by atomic mass is 15.1. The van der Waals surface area contributed by atoms with Crippen LogP contribution in [0.1, 0.15) is 40.3 Å². The standard InChI is InChI=1S/C14H27N3/c1-6-15-7-13-8-16-10-17(13)9-14(11(2)3)12(4)5/h8,10-12,14-15H,6-7,9H2,1-5H3. The molecule has 0 saturated heterocycles. The second kappa shape index (κ2) is 6.80. The van der Waals surface area contributed by atoms with Gasteiger partial charge in [-0.2, -0.15) is 0 Å². The normalized spacial score (nSPS) is 12.0. The highest BCUT2D eigenvalue weighted by Gasteiger charge is 2.18. The zero-order chi connectivity index (χ0) is 12.8. The van der Waals surface area contributed by atoms with E-state index in [1.54, 1.807) is 0 Å². The van der Waals surface area contributed by atoms with E-state index in [1.165, 1.54) is 5.69 Å². The minimum Gasteiger partial charge on any atom is -0.333 e. The number of nitrogens with one attached hydrogen (secondary N) is 1. The molecule has 0 aromatic carbocycles. The topological polar surface area (TPSA) is 29.9 Å². The first-order chi connectivity index (χ1) is 8.06. The van der Waals surface area contributed by atoms with Crippen LogP contribution in [0, 0.1) is 17.8 Å². The van der Waals surface area contributed by atoms with Gasteiger partial charge in [-0.1, -0.05) is 34.6 Å². The van der Waals surface area contributed by atoms with E-state index >= 15 is 0 Å². The summed E-state index contributed by atoms with van der Waals surface area (Å²) in [6, 6.07) is 0. The van der Waals surface area contributed by atoms with Gasteiger partial charge in [-0.05, 0) is 24.3 Å². The summed E-state index contributed by atoms with van der Waals surface area (Å²) in [6.45, 7) is 14.4. The van der Waals surface area contributed by atoms with Crippen LogP contribution in [0.25, 0.3) is 0 Å². The molecule has 1 aromatic heterocycles. The minimum absolute atomic E-state index is 0.712. The Bertz CT molecular complexity index is 307. The van der Waals surface area contributed by atoms with Crippen LogP contribution >= 0.6 is 0 Å². The molecule has 0 amide bonds. The Morgan fingerprint density at radius 2 is 1.88 bits per heavy atom. The summed E-state index contributed by atoms with van der Waals surface area (Å²) in [5, 5.41) is 3.36. The van der Waals surface area contributed by atoms with Crippen molar-refractivity contribution in [3.05, 3.63) is 18.2 Å². The second-order valence-corrected chi connectivity index (χ2v) is 5.47. The lowest BCUT2D eigenvalue weighted by molar-refractivity contribution is 0.249. The quantitative estimate of drug-likeness (QED) is 0.790. The summed E-state index contributed by atoms with van der Waals surface area (Å²) in [5.74, 6) is 2.14. The van der Waals surface area contributed by atoms with Gasteiger partial charge in [0.05, 0.1) is 12.0 Å². The molecule has 0 fully saturated rings. The molecule has 0 unspecified atom stereocenters. The smallest absolute Gasteiger partial charge is 0.0948 e. The maximum Gasteiger partial charge on any atom is 0.0948 e. The third kappa shape index (κ3) is 4.15. The molecule has 0 bridgehead atoms. The van der Waals surface area contributed by atoms with Crippen molar-refractivity contribution in [2.24, 2.45) is 17.8 Å². The predicted molar refractivity (Wildman–Crippen MR) is 72.8 cm³/mol. The number of imidazole rings is 1. The Labute approximate surface area is 106 Å². The van der Waals surface area contributed by atoms with Gasteiger partial charge in [0, 0.05) is 19.3 Å². The van der Waals surface area contributed by atoms with Crippen molar-refractivity contribution in [2.45, 2.75) is 47.7 Å². The van der Waals surface area contributed by atoms with Gasteiger partial charge in [0.25, 0.3) is 0 Å². The molecule has 17 heavy (non-hydrogen) atoms. The largest absolute Gasteiger partial charge is 0.333 e. The minimum atomic E-state index is 0.712. The van der Waals surface area contributed by atoms with Gasteiger partial charge in [-0.3, -0.25) is 0 Å². The molecule has 3 nitrogen and oxygen atoms in total. The Morgan fingerprint density at radius 3 is 2.41 bits per heavy atom. The summed E-state index contributed by atoms with van der Waals surface area (Å²) in [5.41, 5.74) is 1.29. The second-order valence-electron chi connectivity index (χ2n) is 5.47.